The zero-order valence-corrected chi connectivity index (χ0v) is 18.3. The van der Waals surface area contributed by atoms with Crippen molar-refractivity contribution in [3.05, 3.63) is 60.3 Å². The minimum atomic E-state index is -0.108. The van der Waals surface area contributed by atoms with Gasteiger partial charge in [0.05, 0.1) is 24.0 Å². The molecule has 0 unspecified atom stereocenters. The van der Waals surface area contributed by atoms with Crippen LogP contribution in [-0.4, -0.2) is 42.2 Å². The van der Waals surface area contributed by atoms with Gasteiger partial charge in [-0.2, -0.15) is 0 Å². The number of esters is 1. The van der Waals surface area contributed by atoms with Crippen LogP contribution < -0.4 is 4.74 Å². The molecule has 0 spiro atoms. The Hall–Kier alpha value is -2.70. The van der Waals surface area contributed by atoms with Crippen LogP contribution in [-0.2, 0) is 16.1 Å². The Labute approximate surface area is 181 Å². The number of ether oxygens (including phenoxy) is 2. The van der Waals surface area contributed by atoms with E-state index < -0.39 is 0 Å². The summed E-state index contributed by atoms with van der Waals surface area (Å²) < 4.78 is 10.5. The number of benzene rings is 2. The van der Waals surface area contributed by atoms with Crippen LogP contribution in [0.25, 0.3) is 21.0 Å². The lowest BCUT2D eigenvalue weighted by molar-refractivity contribution is -0.151. The lowest BCUT2D eigenvalue weighted by Crippen LogP contribution is -2.49. The van der Waals surface area contributed by atoms with Gasteiger partial charge in [0.25, 0.3) is 0 Å². The molecule has 6 heteroatoms. The average molecular weight is 423 g/mol. The quantitative estimate of drug-likeness (QED) is 0.509. The van der Waals surface area contributed by atoms with Crippen molar-refractivity contribution < 1.29 is 14.3 Å². The zero-order valence-electron chi connectivity index (χ0n) is 17.5. The van der Waals surface area contributed by atoms with Crippen LogP contribution in [0.5, 0.6) is 5.75 Å². The summed E-state index contributed by atoms with van der Waals surface area (Å²) in [4.78, 5) is 19.5. The standard InChI is InChI=1S/C24H26N2O3S/c1-16(2)29-21-10-8-18(9-11-21)22-12-25-23(30-22)19-6-4-17(5-7-19)13-26-14-20(15-26)24(27)28-3/h4-12,16,20H,13-15H2,1-3H3. The van der Waals surface area contributed by atoms with Crippen molar-refractivity contribution in [2.24, 2.45) is 5.92 Å². The highest BCUT2D eigenvalue weighted by Gasteiger charge is 2.33. The summed E-state index contributed by atoms with van der Waals surface area (Å²) in [7, 11) is 1.45. The molecule has 4 rings (SSSR count). The van der Waals surface area contributed by atoms with Gasteiger partial charge in [-0.3, -0.25) is 9.69 Å². The smallest absolute Gasteiger partial charge is 0.311 e. The van der Waals surface area contributed by atoms with E-state index >= 15 is 0 Å². The SMILES string of the molecule is COC(=O)C1CN(Cc2ccc(-c3ncc(-c4ccc(OC(C)C)cc4)s3)cc2)C1. The van der Waals surface area contributed by atoms with Crippen LogP contribution in [0.1, 0.15) is 19.4 Å². The second-order valence-electron chi connectivity index (χ2n) is 7.83. The molecule has 0 N–H and O–H groups in total. The predicted molar refractivity (Wildman–Crippen MR) is 120 cm³/mol. The van der Waals surface area contributed by atoms with Crippen molar-refractivity contribution in [3.8, 4) is 26.8 Å². The minimum Gasteiger partial charge on any atom is -0.491 e. The summed E-state index contributed by atoms with van der Waals surface area (Å²) in [5.74, 6) is 0.798. The van der Waals surface area contributed by atoms with Gasteiger partial charge in [0.2, 0.25) is 0 Å². The second-order valence-corrected chi connectivity index (χ2v) is 8.86. The monoisotopic (exact) mass is 422 g/mol. The van der Waals surface area contributed by atoms with E-state index in [2.05, 4.69) is 46.3 Å². The Bertz CT molecular complexity index is 990. The van der Waals surface area contributed by atoms with Crippen molar-refractivity contribution in [2.75, 3.05) is 20.2 Å². The Morgan fingerprint density at radius 1 is 1.10 bits per heavy atom. The fraction of sp³-hybridized carbons (Fsp3) is 0.333. The van der Waals surface area contributed by atoms with E-state index in [-0.39, 0.29) is 18.0 Å². The van der Waals surface area contributed by atoms with Crippen LogP contribution in [0.3, 0.4) is 0 Å². The fourth-order valence-electron chi connectivity index (χ4n) is 3.54. The molecule has 0 atom stereocenters. The number of carbonyl (C=O) groups excluding carboxylic acids is 1. The van der Waals surface area contributed by atoms with Gasteiger partial charge in [-0.05, 0) is 49.2 Å². The van der Waals surface area contributed by atoms with E-state index in [1.54, 1.807) is 11.3 Å². The zero-order chi connectivity index (χ0) is 21.1. The molecule has 5 nitrogen and oxygen atoms in total. The van der Waals surface area contributed by atoms with E-state index in [1.807, 2.05) is 32.2 Å². The molecule has 3 aromatic rings. The van der Waals surface area contributed by atoms with Gasteiger partial charge in [0.15, 0.2) is 0 Å². The summed E-state index contributed by atoms with van der Waals surface area (Å²) in [6.45, 7) is 6.44. The Morgan fingerprint density at radius 2 is 1.77 bits per heavy atom. The van der Waals surface area contributed by atoms with Crippen molar-refractivity contribution in [1.82, 2.24) is 9.88 Å². The maximum Gasteiger partial charge on any atom is 0.311 e. The van der Waals surface area contributed by atoms with Gasteiger partial charge in [0, 0.05) is 31.4 Å². The van der Waals surface area contributed by atoms with Crippen LogP contribution in [0, 0.1) is 5.92 Å². The third-order valence-electron chi connectivity index (χ3n) is 5.12. The number of methoxy groups -OCH3 is 1. The first-order chi connectivity index (χ1) is 14.5. The van der Waals surface area contributed by atoms with Crippen LogP contribution in [0.4, 0.5) is 0 Å². The summed E-state index contributed by atoms with van der Waals surface area (Å²) in [5, 5.41) is 1.01. The highest BCUT2D eigenvalue weighted by atomic mass is 32.1. The predicted octanol–water partition coefficient (Wildman–Crippen LogP) is 4.87. The highest BCUT2D eigenvalue weighted by Crippen LogP contribution is 2.33. The van der Waals surface area contributed by atoms with Crippen LogP contribution >= 0.6 is 11.3 Å². The van der Waals surface area contributed by atoms with Gasteiger partial charge in [-0.25, -0.2) is 4.98 Å². The molecule has 1 fully saturated rings. The van der Waals surface area contributed by atoms with Gasteiger partial charge in [0.1, 0.15) is 10.8 Å². The van der Waals surface area contributed by atoms with Gasteiger partial charge in [-0.15, -0.1) is 11.3 Å². The molecule has 156 valence electrons. The molecule has 0 saturated carbocycles. The first-order valence-corrected chi connectivity index (χ1v) is 11.0. The maximum atomic E-state index is 11.5. The number of likely N-dealkylation sites (tertiary alicyclic amines) is 1. The van der Waals surface area contributed by atoms with E-state index in [4.69, 9.17) is 9.47 Å². The number of aromatic nitrogens is 1. The van der Waals surface area contributed by atoms with Crippen LogP contribution in [0.2, 0.25) is 0 Å². The lowest BCUT2D eigenvalue weighted by Gasteiger charge is -2.37. The number of hydrogen-bond acceptors (Lipinski definition) is 6. The molecule has 30 heavy (non-hydrogen) atoms. The molecule has 0 amide bonds. The van der Waals surface area contributed by atoms with E-state index in [9.17, 15) is 4.79 Å². The van der Waals surface area contributed by atoms with Gasteiger partial charge < -0.3 is 9.47 Å². The van der Waals surface area contributed by atoms with Crippen molar-refractivity contribution in [3.63, 3.8) is 0 Å². The minimum absolute atomic E-state index is 0.0222. The van der Waals surface area contributed by atoms with Crippen LogP contribution in [0.15, 0.2) is 54.7 Å². The first-order valence-electron chi connectivity index (χ1n) is 10.1. The molecule has 0 radical (unpaired) electrons. The van der Waals surface area contributed by atoms with Crippen molar-refractivity contribution in [2.45, 2.75) is 26.5 Å². The third-order valence-corrected chi connectivity index (χ3v) is 6.21. The molecular formula is C24H26N2O3S. The summed E-state index contributed by atoms with van der Waals surface area (Å²) in [5.41, 5.74) is 3.50. The summed E-state index contributed by atoms with van der Waals surface area (Å²) >= 11 is 1.69. The summed E-state index contributed by atoms with van der Waals surface area (Å²) in [6.07, 6.45) is 2.10. The Morgan fingerprint density at radius 3 is 2.40 bits per heavy atom. The normalized spacial score (nSPS) is 14.5. The van der Waals surface area contributed by atoms with Gasteiger partial charge >= 0.3 is 5.97 Å². The molecule has 1 aromatic heterocycles. The highest BCUT2D eigenvalue weighted by molar-refractivity contribution is 7.18. The number of nitrogens with zero attached hydrogens (tertiary/aromatic N) is 2. The molecule has 0 bridgehead atoms. The molecule has 1 aliphatic heterocycles. The maximum absolute atomic E-state index is 11.5. The summed E-state index contributed by atoms with van der Waals surface area (Å²) in [6, 6.07) is 16.7. The fourth-order valence-corrected chi connectivity index (χ4v) is 4.46. The molecule has 0 aliphatic carbocycles. The van der Waals surface area contributed by atoms with E-state index in [0.717, 1.165) is 46.4 Å². The first kappa shape index (κ1) is 20.6. The van der Waals surface area contributed by atoms with Crippen molar-refractivity contribution in [1.29, 1.82) is 0 Å². The molecular weight excluding hydrogens is 396 g/mol. The number of hydrogen-bond donors (Lipinski definition) is 0. The number of rotatable bonds is 7. The number of thiazole rings is 1. The van der Waals surface area contributed by atoms with E-state index in [1.165, 1.54) is 12.7 Å². The second kappa shape index (κ2) is 8.98. The lowest BCUT2D eigenvalue weighted by atomic mass is 9.99. The van der Waals surface area contributed by atoms with Gasteiger partial charge in [-0.1, -0.05) is 24.3 Å². The topological polar surface area (TPSA) is 51.7 Å². The molecule has 1 aliphatic rings. The average Bonchev–Trinajstić information content (AvgIpc) is 3.20. The number of carbonyl (C=O) groups is 1. The Balaban J connectivity index is 1.37. The molecule has 2 heterocycles. The van der Waals surface area contributed by atoms with Crippen molar-refractivity contribution >= 4 is 17.3 Å². The molecule has 1 saturated heterocycles. The largest absolute Gasteiger partial charge is 0.491 e. The van der Waals surface area contributed by atoms with E-state index in [0.29, 0.717) is 0 Å². The Kier molecular flexibility index (Phi) is 6.16. The third kappa shape index (κ3) is 4.71. The molecule has 2 aromatic carbocycles.